The van der Waals surface area contributed by atoms with Gasteiger partial charge in [0.25, 0.3) is 0 Å². The Morgan fingerprint density at radius 1 is 0.727 bits per heavy atom. The predicted molar refractivity (Wildman–Crippen MR) is 60.6 cm³/mol. The largest absolute Gasteiger partial charge is 0.0695 e. The number of hydrogen-bond acceptors (Lipinski definition) is 0. The summed E-state index contributed by atoms with van der Waals surface area (Å²) in [5.74, 6) is 0. The minimum atomic E-state index is -0.790. The first-order valence-corrected chi connectivity index (χ1v) is 11.9. The molecule has 0 atom stereocenters. The van der Waals surface area contributed by atoms with Gasteiger partial charge in [0.2, 0.25) is 0 Å². The summed E-state index contributed by atoms with van der Waals surface area (Å²) in [6.45, 7) is 14.6. The van der Waals surface area contributed by atoms with Gasteiger partial charge in [-0.25, -0.2) is 0 Å². The summed E-state index contributed by atoms with van der Waals surface area (Å²) in [5.41, 5.74) is 0. The predicted octanol–water partition coefficient (Wildman–Crippen LogP) is 3.87. The summed E-state index contributed by atoms with van der Waals surface area (Å²) in [6, 6.07) is 2.80. The van der Waals surface area contributed by atoms with Crippen molar-refractivity contribution in [3.63, 3.8) is 0 Å². The van der Waals surface area contributed by atoms with Crippen molar-refractivity contribution >= 4 is 16.1 Å². The zero-order chi connectivity index (χ0) is 9.12. The molecule has 0 aromatic carbocycles. The lowest BCUT2D eigenvalue weighted by Crippen LogP contribution is -2.23. The molecule has 0 unspecified atom stereocenters. The van der Waals surface area contributed by atoms with Gasteiger partial charge in [-0.3, -0.25) is 0 Å². The van der Waals surface area contributed by atoms with E-state index >= 15 is 0 Å². The van der Waals surface area contributed by atoms with Gasteiger partial charge in [0.15, 0.2) is 0 Å². The van der Waals surface area contributed by atoms with Crippen LogP contribution in [0, 0.1) is 6.42 Å². The quantitative estimate of drug-likeness (QED) is 0.586. The van der Waals surface area contributed by atoms with Crippen LogP contribution in [-0.4, -0.2) is 16.1 Å². The fourth-order valence-electron chi connectivity index (χ4n) is 0.938. The van der Waals surface area contributed by atoms with Crippen molar-refractivity contribution in [1.82, 2.24) is 0 Å². The van der Waals surface area contributed by atoms with Crippen molar-refractivity contribution < 1.29 is 0 Å². The fourth-order valence-corrected chi connectivity index (χ4v) is 3.25. The average Bonchev–Trinajstić information content (AvgIpc) is 1.55. The Hall–Kier alpha value is 0.434. The molecule has 0 rings (SSSR count). The van der Waals surface area contributed by atoms with Crippen LogP contribution in [0.3, 0.4) is 0 Å². The molecular formula is C9H23Si2. The lowest BCUT2D eigenvalue weighted by atomic mass is 10.6. The third kappa shape index (κ3) is 10.4. The summed E-state index contributed by atoms with van der Waals surface area (Å²) in [4.78, 5) is 0. The number of rotatable bonds is 4. The van der Waals surface area contributed by atoms with Crippen molar-refractivity contribution in [2.75, 3.05) is 0 Å². The van der Waals surface area contributed by atoms with Gasteiger partial charge in [0.1, 0.15) is 0 Å². The van der Waals surface area contributed by atoms with E-state index in [-0.39, 0.29) is 0 Å². The smallest absolute Gasteiger partial charge is 0.0445 e. The standard InChI is InChI=1S/C9H23Si2/c1-10(2,3)8-7-9-11(4,5)6/h7H,8-9H2,1-6H3. The van der Waals surface area contributed by atoms with E-state index in [0.717, 1.165) is 0 Å². The maximum Gasteiger partial charge on any atom is 0.0445 e. The van der Waals surface area contributed by atoms with Crippen LogP contribution in [-0.2, 0) is 0 Å². The van der Waals surface area contributed by atoms with Crippen molar-refractivity contribution in [2.45, 2.75) is 51.4 Å². The molecule has 0 bridgehead atoms. The molecule has 11 heavy (non-hydrogen) atoms. The fraction of sp³-hybridized carbons (Fsp3) is 0.889. The molecule has 0 saturated carbocycles. The molecule has 0 amide bonds. The van der Waals surface area contributed by atoms with Gasteiger partial charge in [0.05, 0.1) is 0 Å². The van der Waals surface area contributed by atoms with Crippen LogP contribution in [0.5, 0.6) is 0 Å². The van der Waals surface area contributed by atoms with E-state index in [1.54, 1.807) is 0 Å². The van der Waals surface area contributed by atoms with Gasteiger partial charge in [-0.05, 0) is 6.42 Å². The van der Waals surface area contributed by atoms with Gasteiger partial charge in [-0.15, -0.1) is 0 Å². The van der Waals surface area contributed by atoms with E-state index in [4.69, 9.17) is 0 Å². The van der Waals surface area contributed by atoms with Crippen LogP contribution in [0.25, 0.3) is 0 Å². The normalized spacial score (nSPS) is 13.6. The second-order valence-corrected chi connectivity index (χ2v) is 16.9. The van der Waals surface area contributed by atoms with E-state index in [1.807, 2.05) is 0 Å². The molecule has 0 aromatic rings. The van der Waals surface area contributed by atoms with Crippen LogP contribution in [0.1, 0.15) is 0 Å². The summed E-state index contributed by atoms with van der Waals surface area (Å²) >= 11 is 0. The Morgan fingerprint density at radius 3 is 1.18 bits per heavy atom. The Kier molecular flexibility index (Phi) is 4.05. The highest BCUT2D eigenvalue weighted by molar-refractivity contribution is 6.78. The van der Waals surface area contributed by atoms with Gasteiger partial charge in [0, 0.05) is 16.1 Å². The Morgan fingerprint density at radius 2 is 1.00 bits per heavy atom. The monoisotopic (exact) mass is 187 g/mol. The van der Waals surface area contributed by atoms with Crippen molar-refractivity contribution in [1.29, 1.82) is 0 Å². The summed E-state index contributed by atoms with van der Waals surface area (Å²) < 4.78 is 0. The summed E-state index contributed by atoms with van der Waals surface area (Å²) in [6.07, 6.45) is 2.54. The van der Waals surface area contributed by atoms with Crippen LogP contribution >= 0.6 is 0 Å². The molecule has 0 aliphatic rings. The zero-order valence-corrected chi connectivity index (χ0v) is 11.0. The molecule has 0 N–H and O–H groups in total. The van der Waals surface area contributed by atoms with Crippen LogP contribution < -0.4 is 0 Å². The maximum atomic E-state index is 2.54. The Labute approximate surface area is 74.4 Å². The minimum absolute atomic E-state index is 0.790. The van der Waals surface area contributed by atoms with Crippen molar-refractivity contribution in [3.05, 3.63) is 6.42 Å². The third-order valence-corrected chi connectivity index (χ3v) is 4.54. The van der Waals surface area contributed by atoms with E-state index in [1.165, 1.54) is 12.1 Å². The Bertz CT molecular complexity index is 91.7. The lowest BCUT2D eigenvalue weighted by Gasteiger charge is -2.19. The topological polar surface area (TPSA) is 0 Å². The highest BCUT2D eigenvalue weighted by Gasteiger charge is 2.16. The highest BCUT2D eigenvalue weighted by atomic mass is 28.3. The molecule has 1 radical (unpaired) electrons. The van der Waals surface area contributed by atoms with E-state index in [2.05, 4.69) is 45.7 Å². The molecule has 0 heterocycles. The highest BCUT2D eigenvalue weighted by Crippen LogP contribution is 2.17. The molecule has 0 fully saturated rings. The summed E-state index contributed by atoms with van der Waals surface area (Å²) in [5, 5.41) is 0. The molecule has 0 aliphatic carbocycles. The van der Waals surface area contributed by atoms with Crippen molar-refractivity contribution in [2.24, 2.45) is 0 Å². The first kappa shape index (κ1) is 11.4. The van der Waals surface area contributed by atoms with Crippen LogP contribution in [0.4, 0.5) is 0 Å². The van der Waals surface area contributed by atoms with Gasteiger partial charge in [-0.2, -0.15) is 0 Å². The van der Waals surface area contributed by atoms with Crippen LogP contribution in [0.15, 0.2) is 0 Å². The molecule has 0 saturated heterocycles. The average molecular weight is 187 g/mol. The minimum Gasteiger partial charge on any atom is -0.0695 e. The molecule has 0 aliphatic heterocycles. The Balaban J connectivity index is 3.44. The van der Waals surface area contributed by atoms with E-state index < -0.39 is 16.1 Å². The first-order chi connectivity index (χ1) is 4.71. The van der Waals surface area contributed by atoms with Gasteiger partial charge in [-0.1, -0.05) is 51.4 Å². The first-order valence-electron chi connectivity index (χ1n) is 4.52. The van der Waals surface area contributed by atoms with Gasteiger partial charge < -0.3 is 0 Å². The molecule has 2 heteroatoms. The second-order valence-electron chi connectivity index (χ2n) is 5.82. The number of hydrogen-bond donors (Lipinski definition) is 0. The maximum absolute atomic E-state index is 2.54. The summed E-state index contributed by atoms with van der Waals surface area (Å²) in [7, 11) is -1.58. The second kappa shape index (κ2) is 3.90. The van der Waals surface area contributed by atoms with Crippen LogP contribution in [0.2, 0.25) is 51.4 Å². The molecule has 0 aromatic heterocycles. The molecular weight excluding hydrogens is 164 g/mol. The SMILES string of the molecule is C[Si](C)(C)C[CH]C[Si](C)(C)C. The lowest BCUT2D eigenvalue weighted by molar-refractivity contribution is 1.27. The van der Waals surface area contributed by atoms with Gasteiger partial charge >= 0.3 is 0 Å². The zero-order valence-electron chi connectivity index (χ0n) is 8.99. The molecule has 0 nitrogen and oxygen atoms in total. The molecule has 67 valence electrons. The van der Waals surface area contributed by atoms with E-state index in [9.17, 15) is 0 Å². The molecule has 0 spiro atoms. The van der Waals surface area contributed by atoms with E-state index in [0.29, 0.717) is 0 Å². The third-order valence-electron chi connectivity index (χ3n) is 1.51. The van der Waals surface area contributed by atoms with Crippen molar-refractivity contribution in [3.8, 4) is 0 Å².